The number of nitrogens with zero attached hydrogens (tertiary/aromatic N) is 6. The lowest BCUT2D eigenvalue weighted by Crippen LogP contribution is -2.10. The van der Waals surface area contributed by atoms with Crippen LogP contribution in [0.25, 0.3) is 49.6 Å². The fourth-order valence-corrected chi connectivity index (χ4v) is 4.69. The van der Waals surface area contributed by atoms with Crippen molar-refractivity contribution in [1.82, 2.24) is 24.1 Å². The normalized spacial score (nSPS) is 12.8. The van der Waals surface area contributed by atoms with Gasteiger partial charge in [0, 0.05) is 28.6 Å². The van der Waals surface area contributed by atoms with Gasteiger partial charge < -0.3 is 0 Å². The average molecular weight is 416 g/mol. The van der Waals surface area contributed by atoms with Crippen LogP contribution in [-0.4, -0.2) is 37.0 Å². The highest BCUT2D eigenvalue weighted by molar-refractivity contribution is 6.26. The number of hydrogen-bond acceptors (Lipinski definition) is 4. The van der Waals surface area contributed by atoms with E-state index >= 15 is 0 Å². The van der Waals surface area contributed by atoms with Crippen LogP contribution in [0.3, 0.4) is 0 Å². The minimum absolute atomic E-state index is 0.594. The van der Waals surface area contributed by atoms with Crippen molar-refractivity contribution in [3.05, 3.63) is 85.5 Å². The predicted molar refractivity (Wildman–Crippen MR) is 131 cm³/mol. The van der Waals surface area contributed by atoms with Gasteiger partial charge in [0.15, 0.2) is 0 Å². The number of aliphatic imine (C=N–C) groups is 1. The predicted octanol–water partition coefficient (Wildman–Crippen LogP) is 5.53. The molecular weight excluding hydrogens is 396 g/mol. The Labute approximate surface area is 184 Å². The maximum Gasteiger partial charge on any atom is 0.237 e. The van der Waals surface area contributed by atoms with Crippen molar-refractivity contribution in [1.29, 1.82) is 0 Å². The molecule has 0 bridgehead atoms. The molecule has 0 aliphatic heterocycles. The van der Waals surface area contributed by atoms with Crippen molar-refractivity contribution < 1.29 is 0 Å². The highest BCUT2D eigenvalue weighted by Crippen LogP contribution is 2.39. The monoisotopic (exact) mass is 416 g/mol. The Bertz CT molecular complexity index is 1690. The zero-order chi connectivity index (χ0) is 21.7. The van der Waals surface area contributed by atoms with E-state index in [-0.39, 0.29) is 0 Å². The van der Waals surface area contributed by atoms with Crippen molar-refractivity contribution in [2.24, 2.45) is 4.99 Å². The fourth-order valence-electron chi connectivity index (χ4n) is 4.69. The second-order valence-corrected chi connectivity index (χ2v) is 7.58. The van der Waals surface area contributed by atoms with E-state index in [0.717, 1.165) is 44.1 Å². The summed E-state index contributed by atoms with van der Waals surface area (Å²) in [7, 11) is 1.83. The second-order valence-electron chi connectivity index (χ2n) is 7.58. The van der Waals surface area contributed by atoms with Crippen LogP contribution in [0, 0.1) is 0 Å². The van der Waals surface area contributed by atoms with Crippen LogP contribution in [0.1, 0.15) is 6.92 Å². The highest BCUT2D eigenvalue weighted by atomic mass is 15.2. The molecule has 0 spiro atoms. The number of rotatable bonds is 2. The van der Waals surface area contributed by atoms with Gasteiger partial charge in [-0.25, -0.2) is 15.0 Å². The standard InChI is InChI=1S/C26H20N6/c1-3-8-23(27-2)31-21-11-6-4-9-17(21)19-13-14-20-18-10-5-7-12-22(18)32(25(20)24(19)31)26-29-15-28-16-30-26/h3-16H,1-2H3/b8-3-,27-23?. The first-order valence-corrected chi connectivity index (χ1v) is 10.5. The van der Waals surface area contributed by atoms with Crippen molar-refractivity contribution >= 4 is 49.4 Å². The summed E-state index contributed by atoms with van der Waals surface area (Å²) in [6.45, 7) is 2.01. The SMILES string of the molecule is C/C=C\C(=NC)n1c2ccccc2c2ccc3c4ccccc4n(-c4ncncn4)c3c21. The molecule has 0 radical (unpaired) electrons. The van der Waals surface area contributed by atoms with Gasteiger partial charge in [-0.2, -0.15) is 0 Å². The van der Waals surface area contributed by atoms with Crippen LogP contribution in [0.5, 0.6) is 0 Å². The molecule has 0 amide bonds. The minimum atomic E-state index is 0.594. The third kappa shape index (κ3) is 2.46. The lowest BCUT2D eigenvalue weighted by molar-refractivity contribution is 0.940. The van der Waals surface area contributed by atoms with Crippen LogP contribution in [-0.2, 0) is 0 Å². The van der Waals surface area contributed by atoms with Gasteiger partial charge in [0.25, 0.3) is 0 Å². The molecule has 0 saturated carbocycles. The molecule has 6 nitrogen and oxygen atoms in total. The molecule has 3 aromatic carbocycles. The summed E-state index contributed by atoms with van der Waals surface area (Å²) in [5.74, 6) is 1.47. The summed E-state index contributed by atoms with van der Waals surface area (Å²) in [5, 5.41) is 4.65. The van der Waals surface area contributed by atoms with E-state index in [4.69, 9.17) is 0 Å². The van der Waals surface area contributed by atoms with Crippen molar-refractivity contribution in [2.45, 2.75) is 6.92 Å². The Hall–Kier alpha value is -4.32. The number of hydrogen-bond donors (Lipinski definition) is 0. The zero-order valence-corrected chi connectivity index (χ0v) is 17.8. The Morgan fingerprint density at radius 2 is 1.41 bits per heavy atom. The highest BCUT2D eigenvalue weighted by Gasteiger charge is 2.22. The third-order valence-electron chi connectivity index (χ3n) is 5.92. The number of benzene rings is 3. The number of aromatic nitrogens is 5. The Kier molecular flexibility index (Phi) is 4.11. The minimum Gasteiger partial charge on any atom is -0.292 e. The molecule has 6 rings (SSSR count). The summed E-state index contributed by atoms with van der Waals surface area (Å²) >= 11 is 0. The van der Waals surface area contributed by atoms with E-state index in [1.807, 2.05) is 32.2 Å². The van der Waals surface area contributed by atoms with Gasteiger partial charge in [-0.3, -0.25) is 14.1 Å². The molecule has 0 saturated heterocycles. The maximum atomic E-state index is 4.63. The van der Waals surface area contributed by atoms with E-state index in [1.165, 1.54) is 18.0 Å². The maximum absolute atomic E-state index is 4.63. The molecule has 3 heterocycles. The van der Waals surface area contributed by atoms with E-state index < -0.39 is 0 Å². The molecule has 6 heteroatoms. The number of para-hydroxylation sites is 2. The van der Waals surface area contributed by atoms with Crippen LogP contribution < -0.4 is 0 Å². The quantitative estimate of drug-likeness (QED) is 0.275. The molecule has 154 valence electrons. The smallest absolute Gasteiger partial charge is 0.237 e. The van der Waals surface area contributed by atoms with Crippen LogP contribution in [0.2, 0.25) is 0 Å². The Balaban J connectivity index is 1.95. The summed E-state index contributed by atoms with van der Waals surface area (Å²) in [4.78, 5) is 17.7. The first-order chi connectivity index (χ1) is 15.8. The molecule has 0 N–H and O–H groups in total. The van der Waals surface area contributed by atoms with Crippen molar-refractivity contribution in [2.75, 3.05) is 7.05 Å². The lowest BCUT2D eigenvalue weighted by Gasteiger charge is -2.10. The van der Waals surface area contributed by atoms with E-state index in [9.17, 15) is 0 Å². The molecule has 0 atom stereocenters. The van der Waals surface area contributed by atoms with Crippen molar-refractivity contribution in [3.8, 4) is 5.95 Å². The van der Waals surface area contributed by atoms with E-state index in [1.54, 1.807) is 0 Å². The van der Waals surface area contributed by atoms with Gasteiger partial charge in [0.1, 0.15) is 18.5 Å². The van der Waals surface area contributed by atoms with Gasteiger partial charge in [0.05, 0.1) is 22.1 Å². The topological polar surface area (TPSA) is 60.9 Å². The molecule has 0 unspecified atom stereocenters. The summed E-state index contributed by atoms with van der Waals surface area (Å²) in [6.07, 6.45) is 7.14. The molecule has 0 aliphatic rings. The van der Waals surface area contributed by atoms with Crippen LogP contribution in [0.15, 0.2) is 90.5 Å². The lowest BCUT2D eigenvalue weighted by atomic mass is 10.1. The first kappa shape index (κ1) is 18.4. The van der Waals surface area contributed by atoms with Gasteiger partial charge >= 0.3 is 0 Å². The van der Waals surface area contributed by atoms with Gasteiger partial charge in [-0.15, -0.1) is 0 Å². The molecule has 32 heavy (non-hydrogen) atoms. The van der Waals surface area contributed by atoms with Gasteiger partial charge in [-0.1, -0.05) is 54.6 Å². The van der Waals surface area contributed by atoms with Crippen LogP contribution >= 0.6 is 0 Å². The molecule has 0 aliphatic carbocycles. The average Bonchev–Trinajstić information content (AvgIpc) is 3.36. The Morgan fingerprint density at radius 3 is 2.09 bits per heavy atom. The molecule has 6 aromatic rings. The summed E-state index contributed by atoms with van der Waals surface area (Å²) in [5.41, 5.74) is 4.30. The van der Waals surface area contributed by atoms with Crippen LogP contribution in [0.4, 0.5) is 0 Å². The fraction of sp³-hybridized carbons (Fsp3) is 0.0769. The molecule has 3 aromatic heterocycles. The summed E-state index contributed by atoms with van der Waals surface area (Å²) < 4.78 is 4.37. The number of fused-ring (bicyclic) bond motifs is 7. The third-order valence-corrected chi connectivity index (χ3v) is 5.92. The molecular formula is C26H20N6. The number of allylic oxidation sites excluding steroid dienone is 2. The van der Waals surface area contributed by atoms with Crippen molar-refractivity contribution in [3.63, 3.8) is 0 Å². The summed E-state index contributed by atoms with van der Waals surface area (Å²) in [6, 6.07) is 21.2. The zero-order valence-electron chi connectivity index (χ0n) is 17.8. The molecule has 0 fully saturated rings. The Morgan fingerprint density at radius 1 is 0.781 bits per heavy atom. The van der Waals surface area contributed by atoms with E-state index in [0.29, 0.717) is 5.95 Å². The largest absolute Gasteiger partial charge is 0.292 e. The van der Waals surface area contributed by atoms with E-state index in [2.05, 4.69) is 83.7 Å². The van der Waals surface area contributed by atoms with Gasteiger partial charge in [0.2, 0.25) is 5.95 Å². The second kappa shape index (κ2) is 7.13. The van der Waals surface area contributed by atoms with Gasteiger partial charge in [-0.05, 0) is 25.1 Å². The first-order valence-electron chi connectivity index (χ1n) is 10.5.